The normalized spacial score (nSPS) is 20.3. The van der Waals surface area contributed by atoms with Crippen LogP contribution in [0.25, 0.3) is 0 Å². The van der Waals surface area contributed by atoms with E-state index in [1.807, 2.05) is 35.0 Å². The number of rotatable bonds is 8. The summed E-state index contributed by atoms with van der Waals surface area (Å²) in [5, 5.41) is 15.9. The van der Waals surface area contributed by atoms with Crippen molar-refractivity contribution in [2.45, 2.75) is 50.7 Å². The standard InChI is InChI=1S/C26H35ClN2O.C4H4S/c27-25-10-4-8-23(18-25)19-29-15-11-24(21-29)20-28-16-13-26(30,14-17-28)12-5-9-22-6-2-1-3-7-22;1-2-4-5-3-1/h1-4,6-8,10,18,24,30H,5,9,11-17,19-21H2;1-4H. The van der Waals surface area contributed by atoms with Gasteiger partial charge >= 0.3 is 0 Å². The Balaban J connectivity index is 0.000000514. The number of halogens is 1. The topological polar surface area (TPSA) is 26.7 Å². The highest BCUT2D eigenvalue weighted by molar-refractivity contribution is 7.07. The van der Waals surface area contributed by atoms with Crippen molar-refractivity contribution < 1.29 is 5.11 Å². The van der Waals surface area contributed by atoms with E-state index in [0.717, 1.165) is 62.7 Å². The molecule has 5 rings (SSSR count). The molecule has 0 bridgehead atoms. The Morgan fingerprint density at radius 1 is 0.886 bits per heavy atom. The van der Waals surface area contributed by atoms with Crippen LogP contribution < -0.4 is 0 Å². The molecule has 2 saturated heterocycles. The third-order valence-corrected chi connectivity index (χ3v) is 8.21. The maximum atomic E-state index is 11.0. The number of likely N-dealkylation sites (tertiary alicyclic amines) is 2. The Morgan fingerprint density at radius 3 is 2.31 bits per heavy atom. The van der Waals surface area contributed by atoms with Crippen molar-refractivity contribution in [3.8, 4) is 0 Å². The van der Waals surface area contributed by atoms with Crippen molar-refractivity contribution in [1.29, 1.82) is 0 Å². The second kappa shape index (κ2) is 13.6. The first-order chi connectivity index (χ1) is 17.1. The van der Waals surface area contributed by atoms with E-state index in [9.17, 15) is 5.11 Å². The molecule has 1 unspecified atom stereocenters. The predicted octanol–water partition coefficient (Wildman–Crippen LogP) is 6.76. The van der Waals surface area contributed by atoms with Crippen LogP contribution >= 0.6 is 22.9 Å². The molecule has 1 N–H and O–H groups in total. The molecule has 0 amide bonds. The lowest BCUT2D eigenvalue weighted by Gasteiger charge is -2.39. The van der Waals surface area contributed by atoms with Crippen molar-refractivity contribution in [2.24, 2.45) is 5.92 Å². The van der Waals surface area contributed by atoms with Gasteiger partial charge in [-0.2, -0.15) is 11.3 Å². The van der Waals surface area contributed by atoms with Crippen LogP contribution in [-0.2, 0) is 13.0 Å². The minimum Gasteiger partial charge on any atom is -0.390 e. The van der Waals surface area contributed by atoms with Crippen LogP contribution in [0.1, 0.15) is 43.2 Å². The number of aliphatic hydroxyl groups is 1. The fourth-order valence-electron chi connectivity index (χ4n) is 5.36. The Morgan fingerprint density at radius 2 is 1.63 bits per heavy atom. The van der Waals surface area contributed by atoms with E-state index in [2.05, 4.69) is 52.3 Å². The van der Waals surface area contributed by atoms with E-state index in [1.165, 1.54) is 37.2 Å². The van der Waals surface area contributed by atoms with Crippen LogP contribution in [0.5, 0.6) is 0 Å². The quantitative estimate of drug-likeness (QED) is 0.362. The number of thiophene rings is 1. The Kier molecular flexibility index (Phi) is 10.2. The SMILES string of the molecule is OC1(CCCc2ccccc2)CCN(CC2CCN(Cc3cccc(Cl)c3)C2)CC1.c1ccsc1. The molecule has 1 aromatic heterocycles. The summed E-state index contributed by atoms with van der Waals surface area (Å²) in [4.78, 5) is 5.14. The summed E-state index contributed by atoms with van der Waals surface area (Å²) in [6.07, 6.45) is 6.17. The van der Waals surface area contributed by atoms with Gasteiger partial charge < -0.3 is 10.0 Å². The lowest BCUT2D eigenvalue weighted by Crippen LogP contribution is -2.46. The van der Waals surface area contributed by atoms with Crippen molar-refractivity contribution in [3.63, 3.8) is 0 Å². The molecule has 1 atom stereocenters. The van der Waals surface area contributed by atoms with Gasteiger partial charge in [-0.05, 0) is 85.0 Å². The molecule has 188 valence electrons. The summed E-state index contributed by atoms with van der Waals surface area (Å²) in [7, 11) is 0. The average Bonchev–Trinajstić information content (AvgIpc) is 3.57. The van der Waals surface area contributed by atoms with Crippen molar-refractivity contribution >= 4 is 22.9 Å². The highest BCUT2D eigenvalue weighted by atomic mass is 35.5. The maximum absolute atomic E-state index is 11.0. The molecular weight excluding hydrogens is 472 g/mol. The molecule has 2 aliphatic rings. The van der Waals surface area contributed by atoms with Gasteiger partial charge in [-0.25, -0.2) is 0 Å². The summed E-state index contributed by atoms with van der Waals surface area (Å²) in [6.45, 7) is 6.59. The van der Waals surface area contributed by atoms with Gasteiger partial charge in [0, 0.05) is 37.7 Å². The van der Waals surface area contributed by atoms with Gasteiger partial charge in [-0.1, -0.05) is 66.2 Å². The minimum atomic E-state index is -0.459. The number of hydrogen-bond acceptors (Lipinski definition) is 4. The van der Waals surface area contributed by atoms with E-state index in [4.69, 9.17) is 11.6 Å². The average molecular weight is 511 g/mol. The number of piperidine rings is 1. The van der Waals surface area contributed by atoms with Crippen LogP contribution in [0, 0.1) is 5.92 Å². The number of aryl methyl sites for hydroxylation is 1. The molecule has 2 aliphatic heterocycles. The van der Waals surface area contributed by atoms with Crippen molar-refractivity contribution in [3.05, 3.63) is 93.6 Å². The Bertz CT molecular complexity index is 956. The zero-order chi connectivity index (χ0) is 24.3. The van der Waals surface area contributed by atoms with Gasteiger partial charge in [0.15, 0.2) is 0 Å². The highest BCUT2D eigenvalue weighted by Crippen LogP contribution is 2.29. The number of hydrogen-bond donors (Lipinski definition) is 1. The molecule has 0 saturated carbocycles. The lowest BCUT2D eigenvalue weighted by atomic mass is 9.85. The smallest absolute Gasteiger partial charge is 0.0672 e. The van der Waals surface area contributed by atoms with Crippen LogP contribution in [0.4, 0.5) is 0 Å². The highest BCUT2D eigenvalue weighted by Gasteiger charge is 2.33. The molecule has 0 spiro atoms. The van der Waals surface area contributed by atoms with Crippen molar-refractivity contribution in [2.75, 3.05) is 32.7 Å². The predicted molar refractivity (Wildman–Crippen MR) is 149 cm³/mol. The summed E-state index contributed by atoms with van der Waals surface area (Å²) >= 11 is 7.84. The van der Waals surface area contributed by atoms with Crippen LogP contribution in [0.3, 0.4) is 0 Å². The van der Waals surface area contributed by atoms with E-state index < -0.39 is 5.60 Å². The third kappa shape index (κ3) is 9.04. The second-order valence-corrected chi connectivity index (χ2v) is 11.4. The molecule has 3 aromatic rings. The lowest BCUT2D eigenvalue weighted by molar-refractivity contribution is -0.0313. The van der Waals surface area contributed by atoms with E-state index >= 15 is 0 Å². The molecule has 3 nitrogen and oxygen atoms in total. The largest absolute Gasteiger partial charge is 0.390 e. The van der Waals surface area contributed by atoms with Crippen molar-refractivity contribution in [1.82, 2.24) is 9.80 Å². The first-order valence-electron chi connectivity index (χ1n) is 13.0. The van der Waals surface area contributed by atoms with E-state index in [1.54, 1.807) is 11.3 Å². The molecular formula is C30H39ClN2OS. The molecule has 35 heavy (non-hydrogen) atoms. The van der Waals surface area contributed by atoms with E-state index in [0.29, 0.717) is 0 Å². The van der Waals surface area contributed by atoms with Gasteiger partial charge in [0.05, 0.1) is 5.60 Å². The Hall–Kier alpha value is -1.69. The summed E-state index contributed by atoms with van der Waals surface area (Å²) < 4.78 is 0. The van der Waals surface area contributed by atoms with Crippen LogP contribution in [0.2, 0.25) is 5.02 Å². The zero-order valence-corrected chi connectivity index (χ0v) is 22.3. The van der Waals surface area contributed by atoms with Gasteiger partial charge in [0.1, 0.15) is 0 Å². The van der Waals surface area contributed by atoms with Crippen LogP contribution in [0.15, 0.2) is 77.5 Å². The number of nitrogens with zero attached hydrogens (tertiary/aromatic N) is 2. The van der Waals surface area contributed by atoms with Gasteiger partial charge in [-0.15, -0.1) is 0 Å². The first kappa shape index (κ1) is 26.4. The second-order valence-electron chi connectivity index (χ2n) is 10.2. The fraction of sp³-hybridized carbons (Fsp3) is 0.467. The van der Waals surface area contributed by atoms with Gasteiger partial charge in [0.25, 0.3) is 0 Å². The molecule has 3 heterocycles. The van der Waals surface area contributed by atoms with Crippen LogP contribution in [-0.4, -0.2) is 53.2 Å². The Labute approximate surface area is 220 Å². The molecule has 0 radical (unpaired) electrons. The monoisotopic (exact) mass is 510 g/mol. The third-order valence-electron chi connectivity index (χ3n) is 7.34. The fourth-order valence-corrected chi connectivity index (χ4v) is 6.03. The summed E-state index contributed by atoms with van der Waals surface area (Å²) in [6, 6.07) is 22.9. The maximum Gasteiger partial charge on any atom is 0.0672 e. The molecule has 0 aliphatic carbocycles. The van der Waals surface area contributed by atoms with E-state index in [-0.39, 0.29) is 0 Å². The molecule has 5 heteroatoms. The summed E-state index contributed by atoms with van der Waals surface area (Å²) in [5.74, 6) is 0.744. The van der Waals surface area contributed by atoms with Gasteiger partial charge in [-0.3, -0.25) is 4.90 Å². The van der Waals surface area contributed by atoms with Gasteiger partial charge in [0.2, 0.25) is 0 Å². The first-order valence-corrected chi connectivity index (χ1v) is 14.3. The molecule has 2 fully saturated rings. The number of benzene rings is 2. The minimum absolute atomic E-state index is 0.459. The summed E-state index contributed by atoms with van der Waals surface area (Å²) in [5.41, 5.74) is 2.23. The zero-order valence-electron chi connectivity index (χ0n) is 20.7. The molecule has 2 aromatic carbocycles.